The molecular formula is C15H23N3O2. The number of nitrogens with zero attached hydrogens (tertiary/aromatic N) is 1. The molecule has 0 aliphatic rings. The molecule has 2 amide bonds. The van der Waals surface area contributed by atoms with Gasteiger partial charge < -0.3 is 16.4 Å². The average Bonchev–Trinajstić information content (AvgIpc) is 2.42. The van der Waals surface area contributed by atoms with E-state index in [-0.39, 0.29) is 24.3 Å². The number of carbonyl (C=O) groups excluding carboxylic acids is 2. The number of carbonyl (C=O) groups is 2. The second-order valence-corrected chi connectivity index (χ2v) is 5.11. The normalized spacial score (nSPS) is 13.6. The van der Waals surface area contributed by atoms with E-state index in [2.05, 4.69) is 0 Å². The van der Waals surface area contributed by atoms with Crippen molar-refractivity contribution in [3.05, 3.63) is 35.9 Å². The first-order valence-electron chi connectivity index (χ1n) is 6.78. The van der Waals surface area contributed by atoms with Gasteiger partial charge in [-0.25, -0.2) is 0 Å². The number of rotatable bonds is 7. The van der Waals surface area contributed by atoms with E-state index in [0.29, 0.717) is 13.1 Å². The van der Waals surface area contributed by atoms with Crippen molar-refractivity contribution < 1.29 is 9.59 Å². The fourth-order valence-electron chi connectivity index (χ4n) is 1.83. The predicted octanol–water partition coefficient (Wildman–Crippen LogP) is 0.874. The Kier molecular flexibility index (Phi) is 6.18. The lowest BCUT2D eigenvalue weighted by molar-refractivity contribution is -0.136. The van der Waals surface area contributed by atoms with Gasteiger partial charge >= 0.3 is 0 Å². The molecule has 0 heterocycles. The summed E-state index contributed by atoms with van der Waals surface area (Å²) in [6, 6.07) is 9.42. The maximum Gasteiger partial charge on any atom is 0.227 e. The van der Waals surface area contributed by atoms with Crippen molar-refractivity contribution >= 4 is 11.8 Å². The first-order valence-corrected chi connectivity index (χ1v) is 6.78. The number of amides is 2. The largest absolute Gasteiger partial charge is 0.370 e. The molecular weight excluding hydrogens is 254 g/mol. The number of nitrogens with two attached hydrogens (primary N) is 2. The third-order valence-electron chi connectivity index (χ3n) is 3.33. The highest BCUT2D eigenvalue weighted by molar-refractivity contribution is 5.80. The van der Waals surface area contributed by atoms with Gasteiger partial charge in [0.1, 0.15) is 0 Å². The molecule has 0 bridgehead atoms. The van der Waals surface area contributed by atoms with E-state index in [1.54, 1.807) is 18.7 Å². The van der Waals surface area contributed by atoms with Crippen molar-refractivity contribution in [1.29, 1.82) is 0 Å². The summed E-state index contributed by atoms with van der Waals surface area (Å²) < 4.78 is 0. The van der Waals surface area contributed by atoms with Gasteiger partial charge in [-0.15, -0.1) is 0 Å². The lowest BCUT2D eigenvalue weighted by Gasteiger charge is -2.27. The molecule has 5 nitrogen and oxygen atoms in total. The molecule has 110 valence electrons. The average molecular weight is 277 g/mol. The Morgan fingerprint density at radius 3 is 2.30 bits per heavy atom. The molecule has 4 N–H and O–H groups in total. The molecule has 0 aliphatic carbocycles. The second kappa shape index (κ2) is 7.65. The summed E-state index contributed by atoms with van der Waals surface area (Å²) in [5.74, 6) is -0.749. The topological polar surface area (TPSA) is 89.4 Å². The van der Waals surface area contributed by atoms with E-state index in [1.165, 1.54) is 0 Å². The predicted molar refractivity (Wildman–Crippen MR) is 78.5 cm³/mol. The van der Waals surface area contributed by atoms with Crippen LogP contribution < -0.4 is 11.5 Å². The van der Waals surface area contributed by atoms with Gasteiger partial charge in [-0.1, -0.05) is 37.3 Å². The van der Waals surface area contributed by atoms with Crippen molar-refractivity contribution in [2.45, 2.75) is 32.9 Å². The summed E-state index contributed by atoms with van der Waals surface area (Å²) in [5.41, 5.74) is 12.0. The zero-order chi connectivity index (χ0) is 15.1. The van der Waals surface area contributed by atoms with Crippen molar-refractivity contribution in [1.82, 2.24) is 4.90 Å². The molecule has 0 saturated heterocycles. The lowest BCUT2D eigenvalue weighted by atomic mass is 10.0. The molecule has 1 aromatic rings. The standard InChI is InChI=1S/C15H23N3O2/c1-11(12(2)16)15(20)18(9-8-14(17)19)10-13-6-4-3-5-7-13/h3-7,11-12H,8-10,16H2,1-2H3,(H2,17,19). The summed E-state index contributed by atoms with van der Waals surface area (Å²) in [6.07, 6.45) is 0.157. The minimum Gasteiger partial charge on any atom is -0.370 e. The van der Waals surface area contributed by atoms with Crippen molar-refractivity contribution in [3.8, 4) is 0 Å². The fraction of sp³-hybridized carbons (Fsp3) is 0.467. The molecule has 2 unspecified atom stereocenters. The third kappa shape index (κ3) is 5.01. The van der Waals surface area contributed by atoms with Crippen LogP contribution in [0.1, 0.15) is 25.8 Å². The molecule has 0 spiro atoms. The molecule has 5 heteroatoms. The Labute approximate surface area is 119 Å². The van der Waals surface area contributed by atoms with Crippen LogP contribution in [0.4, 0.5) is 0 Å². The van der Waals surface area contributed by atoms with Crippen LogP contribution in [0.2, 0.25) is 0 Å². The molecule has 0 aliphatic heterocycles. The van der Waals surface area contributed by atoms with Gasteiger partial charge in [0.25, 0.3) is 0 Å². The highest BCUT2D eigenvalue weighted by Gasteiger charge is 2.23. The summed E-state index contributed by atoms with van der Waals surface area (Å²) in [5, 5.41) is 0. The zero-order valence-corrected chi connectivity index (χ0v) is 12.1. The van der Waals surface area contributed by atoms with Crippen LogP contribution in [0.5, 0.6) is 0 Å². The van der Waals surface area contributed by atoms with E-state index in [9.17, 15) is 9.59 Å². The van der Waals surface area contributed by atoms with E-state index in [0.717, 1.165) is 5.56 Å². The lowest BCUT2D eigenvalue weighted by Crippen LogP contribution is -2.42. The van der Waals surface area contributed by atoms with Gasteiger partial charge in [-0.3, -0.25) is 9.59 Å². The number of hydrogen-bond donors (Lipinski definition) is 2. The monoisotopic (exact) mass is 277 g/mol. The van der Waals surface area contributed by atoms with Crippen molar-refractivity contribution in [2.75, 3.05) is 6.54 Å². The summed E-state index contributed by atoms with van der Waals surface area (Å²) in [6.45, 7) is 4.39. The van der Waals surface area contributed by atoms with Crippen LogP contribution in [0, 0.1) is 5.92 Å². The van der Waals surface area contributed by atoms with Crippen LogP contribution in [0.3, 0.4) is 0 Å². The summed E-state index contributed by atoms with van der Waals surface area (Å²) in [7, 11) is 0. The Balaban J connectivity index is 2.79. The van der Waals surface area contributed by atoms with Gasteiger partial charge in [0.2, 0.25) is 11.8 Å². The molecule has 2 atom stereocenters. The van der Waals surface area contributed by atoms with Crippen molar-refractivity contribution in [3.63, 3.8) is 0 Å². The smallest absolute Gasteiger partial charge is 0.227 e. The molecule has 0 fully saturated rings. The molecule has 0 saturated carbocycles. The van der Waals surface area contributed by atoms with E-state index in [4.69, 9.17) is 11.5 Å². The summed E-state index contributed by atoms with van der Waals surface area (Å²) >= 11 is 0. The Hall–Kier alpha value is -1.88. The van der Waals surface area contributed by atoms with Crippen LogP contribution >= 0.6 is 0 Å². The zero-order valence-electron chi connectivity index (χ0n) is 12.1. The van der Waals surface area contributed by atoms with Crippen LogP contribution in [-0.4, -0.2) is 29.3 Å². The Morgan fingerprint density at radius 2 is 1.80 bits per heavy atom. The number of primary amides is 1. The Bertz CT molecular complexity index is 446. The third-order valence-corrected chi connectivity index (χ3v) is 3.33. The van der Waals surface area contributed by atoms with Gasteiger partial charge in [-0.2, -0.15) is 0 Å². The van der Waals surface area contributed by atoms with E-state index >= 15 is 0 Å². The van der Waals surface area contributed by atoms with E-state index in [1.807, 2.05) is 30.3 Å². The van der Waals surface area contributed by atoms with Gasteiger partial charge in [-0.05, 0) is 12.5 Å². The molecule has 1 rings (SSSR count). The quantitative estimate of drug-likeness (QED) is 0.775. The van der Waals surface area contributed by atoms with Crippen LogP contribution in [0.15, 0.2) is 30.3 Å². The van der Waals surface area contributed by atoms with Crippen LogP contribution in [0.25, 0.3) is 0 Å². The SMILES string of the molecule is CC(N)C(C)C(=O)N(CCC(N)=O)Cc1ccccc1. The summed E-state index contributed by atoms with van der Waals surface area (Å²) in [4.78, 5) is 25.0. The number of hydrogen-bond acceptors (Lipinski definition) is 3. The van der Waals surface area contributed by atoms with Gasteiger partial charge in [0, 0.05) is 25.6 Å². The minimum absolute atomic E-state index is 0.0508. The van der Waals surface area contributed by atoms with Gasteiger partial charge in [0.15, 0.2) is 0 Å². The second-order valence-electron chi connectivity index (χ2n) is 5.11. The van der Waals surface area contributed by atoms with Crippen LogP contribution in [-0.2, 0) is 16.1 Å². The molecule has 0 aromatic heterocycles. The number of benzene rings is 1. The Morgan fingerprint density at radius 1 is 1.20 bits per heavy atom. The first kappa shape index (κ1) is 16.2. The van der Waals surface area contributed by atoms with Gasteiger partial charge in [0.05, 0.1) is 5.92 Å². The minimum atomic E-state index is -0.413. The molecule has 20 heavy (non-hydrogen) atoms. The maximum atomic E-state index is 12.4. The first-order chi connectivity index (χ1) is 9.41. The fourth-order valence-corrected chi connectivity index (χ4v) is 1.83. The molecule has 0 radical (unpaired) electrons. The highest BCUT2D eigenvalue weighted by Crippen LogP contribution is 2.11. The highest BCUT2D eigenvalue weighted by atomic mass is 16.2. The van der Waals surface area contributed by atoms with E-state index < -0.39 is 5.91 Å². The molecule has 1 aromatic carbocycles. The maximum absolute atomic E-state index is 12.4. The van der Waals surface area contributed by atoms with Crippen molar-refractivity contribution in [2.24, 2.45) is 17.4 Å².